The van der Waals surface area contributed by atoms with Crippen molar-refractivity contribution in [2.24, 2.45) is 0 Å². The van der Waals surface area contributed by atoms with E-state index in [4.69, 9.17) is 14.5 Å². The van der Waals surface area contributed by atoms with Gasteiger partial charge in [0.15, 0.2) is 28.4 Å². The van der Waals surface area contributed by atoms with Gasteiger partial charge in [-0.1, -0.05) is 18.7 Å². The van der Waals surface area contributed by atoms with E-state index in [1.165, 1.54) is 22.7 Å². The molecule has 15 heteroatoms. The third-order valence-corrected chi connectivity index (χ3v) is 6.60. The second-order valence-electron chi connectivity index (χ2n) is 6.78. The zero-order valence-corrected chi connectivity index (χ0v) is 19.5. The maximum atomic E-state index is 11.0. The van der Waals surface area contributed by atoms with Crippen LogP contribution in [-0.2, 0) is 13.8 Å². The summed E-state index contributed by atoms with van der Waals surface area (Å²) in [5.74, 6) is 2.26. The summed E-state index contributed by atoms with van der Waals surface area (Å²) in [6.45, 7) is 2.15. The van der Waals surface area contributed by atoms with E-state index in [9.17, 15) is 14.8 Å². The van der Waals surface area contributed by atoms with Crippen molar-refractivity contribution in [1.29, 1.82) is 0 Å². The van der Waals surface area contributed by atoms with Gasteiger partial charge in [-0.25, -0.2) is 19.5 Å². The minimum Gasteiger partial charge on any atom is -0.387 e. The van der Waals surface area contributed by atoms with E-state index in [1.807, 2.05) is 6.26 Å². The number of ether oxygens (including phenoxy) is 1. The minimum absolute atomic E-state index is 0.410. The van der Waals surface area contributed by atoms with Gasteiger partial charge < -0.3 is 30.1 Å². The Balaban J connectivity index is 1.90. The van der Waals surface area contributed by atoms with Gasteiger partial charge >= 0.3 is 7.82 Å². The first-order valence-electron chi connectivity index (χ1n) is 9.57. The number of aromatic nitrogens is 4. The molecule has 0 aliphatic carbocycles. The second-order valence-corrected chi connectivity index (χ2v) is 10.1. The number of aliphatic hydroxyl groups is 2. The number of hydrogen-bond donors (Lipinski definition) is 5. The Bertz CT molecular complexity index is 929. The molecule has 2 aromatic rings. The van der Waals surface area contributed by atoms with Crippen molar-refractivity contribution >= 4 is 48.3 Å². The molecule has 1 aliphatic rings. The first-order chi connectivity index (χ1) is 14.7. The molecule has 0 spiro atoms. The number of phosphoric acid groups is 1. The second kappa shape index (κ2) is 10.8. The zero-order valence-electron chi connectivity index (χ0n) is 17.0. The van der Waals surface area contributed by atoms with Crippen LogP contribution in [0.25, 0.3) is 11.2 Å². The van der Waals surface area contributed by atoms with E-state index in [-0.39, 0.29) is 0 Å². The van der Waals surface area contributed by atoms with Gasteiger partial charge in [0.1, 0.15) is 18.3 Å². The number of fused-ring (bicyclic) bond motifs is 1. The molecular formula is C16H26N5O7PS2. The number of rotatable bonds is 11. The van der Waals surface area contributed by atoms with Crippen molar-refractivity contribution in [3.8, 4) is 0 Å². The summed E-state index contributed by atoms with van der Waals surface area (Å²) in [6.07, 6.45) is -0.617. The van der Waals surface area contributed by atoms with Crippen LogP contribution >= 0.6 is 31.3 Å². The van der Waals surface area contributed by atoms with Crippen LogP contribution in [-0.4, -0.2) is 88.7 Å². The SMILES string of the molecule is CCCSc1nc(NCCSC)c2ncn([C@@H]3O[C@H](COP(=O)(O)O)[C@@H](O)[C@H]3O)c2n1. The molecule has 174 valence electrons. The molecule has 0 radical (unpaired) electrons. The fraction of sp³-hybridized carbons (Fsp3) is 0.688. The van der Waals surface area contributed by atoms with Crippen LogP contribution in [0.1, 0.15) is 19.6 Å². The van der Waals surface area contributed by atoms with Gasteiger partial charge in [0.25, 0.3) is 0 Å². The number of imidazole rings is 1. The molecule has 1 saturated heterocycles. The molecule has 2 aromatic heterocycles. The maximum absolute atomic E-state index is 11.0. The number of nitrogens with one attached hydrogen (secondary N) is 1. The van der Waals surface area contributed by atoms with Crippen molar-refractivity contribution in [3.63, 3.8) is 0 Å². The van der Waals surface area contributed by atoms with E-state index < -0.39 is 39.0 Å². The van der Waals surface area contributed by atoms with Crippen LogP contribution in [0, 0.1) is 0 Å². The molecular weight excluding hydrogens is 469 g/mol. The number of nitrogens with zero attached hydrogens (tertiary/aromatic N) is 4. The highest BCUT2D eigenvalue weighted by molar-refractivity contribution is 7.99. The Morgan fingerprint density at radius 3 is 2.74 bits per heavy atom. The Labute approximate surface area is 187 Å². The van der Waals surface area contributed by atoms with Gasteiger partial charge in [-0.3, -0.25) is 9.09 Å². The van der Waals surface area contributed by atoms with Crippen LogP contribution in [0.3, 0.4) is 0 Å². The lowest BCUT2D eigenvalue weighted by atomic mass is 10.1. The van der Waals surface area contributed by atoms with Crippen LogP contribution in [0.2, 0.25) is 0 Å². The molecule has 0 amide bonds. The predicted octanol–water partition coefficient (Wildman–Crippen LogP) is 0.832. The fourth-order valence-electron chi connectivity index (χ4n) is 3.00. The van der Waals surface area contributed by atoms with Gasteiger partial charge in [-0.2, -0.15) is 11.8 Å². The monoisotopic (exact) mass is 495 g/mol. The van der Waals surface area contributed by atoms with Gasteiger partial charge in [0, 0.05) is 18.1 Å². The Morgan fingerprint density at radius 2 is 2.06 bits per heavy atom. The summed E-state index contributed by atoms with van der Waals surface area (Å²) in [7, 11) is -4.75. The standard InChI is InChI=1S/C16H26N5O7PS2/c1-3-5-31-16-19-13(17-4-6-30-2)10-14(20-16)21(8-18-10)15-12(23)11(22)9(28-15)7-27-29(24,25)26/h8-9,11-12,15,22-23H,3-7H2,1-2H3,(H,17,19,20)(H2,24,25,26)/t9-,11-,12-,15-/m1/s1. The van der Waals surface area contributed by atoms with E-state index in [2.05, 4.69) is 31.7 Å². The molecule has 4 atom stereocenters. The van der Waals surface area contributed by atoms with Crippen LogP contribution in [0.5, 0.6) is 0 Å². The molecule has 5 N–H and O–H groups in total. The number of aliphatic hydroxyl groups excluding tert-OH is 2. The van der Waals surface area contributed by atoms with Gasteiger partial charge in [0.2, 0.25) is 0 Å². The number of hydrogen-bond acceptors (Lipinski definition) is 11. The largest absolute Gasteiger partial charge is 0.469 e. The number of anilines is 1. The number of phosphoric ester groups is 1. The van der Waals surface area contributed by atoms with E-state index >= 15 is 0 Å². The van der Waals surface area contributed by atoms with E-state index in [1.54, 1.807) is 11.8 Å². The summed E-state index contributed by atoms with van der Waals surface area (Å²) < 4.78 is 22.5. The molecule has 3 rings (SSSR count). The molecule has 12 nitrogen and oxygen atoms in total. The summed E-state index contributed by atoms with van der Waals surface area (Å²) in [6, 6.07) is 0. The minimum atomic E-state index is -4.75. The quantitative estimate of drug-likeness (QED) is 0.129. The zero-order chi connectivity index (χ0) is 22.6. The van der Waals surface area contributed by atoms with Crippen LogP contribution < -0.4 is 5.32 Å². The summed E-state index contributed by atoms with van der Waals surface area (Å²) >= 11 is 3.18. The third kappa shape index (κ3) is 6.09. The van der Waals surface area contributed by atoms with Gasteiger partial charge in [0.05, 0.1) is 12.9 Å². The fourth-order valence-corrected chi connectivity index (χ4v) is 4.34. The van der Waals surface area contributed by atoms with E-state index in [0.717, 1.165) is 17.9 Å². The molecule has 3 heterocycles. The third-order valence-electron chi connectivity index (χ3n) is 4.45. The smallest absolute Gasteiger partial charge is 0.387 e. The van der Waals surface area contributed by atoms with Crippen molar-refractivity contribution in [1.82, 2.24) is 19.5 Å². The molecule has 1 aliphatic heterocycles. The summed E-state index contributed by atoms with van der Waals surface area (Å²) in [5, 5.41) is 24.6. The Morgan fingerprint density at radius 1 is 1.29 bits per heavy atom. The van der Waals surface area contributed by atoms with Crippen molar-refractivity contribution in [3.05, 3.63) is 6.33 Å². The van der Waals surface area contributed by atoms with Crippen molar-refractivity contribution < 1.29 is 33.8 Å². The Hall–Kier alpha value is -0.960. The highest BCUT2D eigenvalue weighted by Gasteiger charge is 2.45. The average molecular weight is 496 g/mol. The number of thioether (sulfide) groups is 2. The van der Waals surface area contributed by atoms with Crippen molar-refractivity contribution in [2.75, 3.05) is 36.2 Å². The molecule has 0 unspecified atom stereocenters. The normalized spacial score (nSPS) is 24.2. The average Bonchev–Trinajstić information content (AvgIpc) is 3.26. The van der Waals surface area contributed by atoms with Crippen LogP contribution in [0.15, 0.2) is 11.5 Å². The summed E-state index contributed by atoms with van der Waals surface area (Å²) in [4.78, 5) is 31.2. The molecule has 0 bridgehead atoms. The summed E-state index contributed by atoms with van der Waals surface area (Å²) in [5.41, 5.74) is 0.898. The lowest BCUT2D eigenvalue weighted by Crippen LogP contribution is -2.33. The maximum Gasteiger partial charge on any atom is 0.469 e. The topological polar surface area (TPSA) is 172 Å². The molecule has 0 saturated carbocycles. The van der Waals surface area contributed by atoms with E-state index in [0.29, 0.717) is 28.7 Å². The lowest BCUT2D eigenvalue weighted by molar-refractivity contribution is -0.0504. The van der Waals surface area contributed by atoms with Crippen LogP contribution in [0.4, 0.5) is 5.82 Å². The first-order valence-corrected chi connectivity index (χ1v) is 13.5. The molecule has 1 fully saturated rings. The molecule has 31 heavy (non-hydrogen) atoms. The van der Waals surface area contributed by atoms with Gasteiger partial charge in [-0.15, -0.1) is 0 Å². The van der Waals surface area contributed by atoms with Gasteiger partial charge in [-0.05, 0) is 12.7 Å². The van der Waals surface area contributed by atoms with Crippen molar-refractivity contribution in [2.45, 2.75) is 43.0 Å². The Kier molecular flexibility index (Phi) is 8.57. The highest BCUT2D eigenvalue weighted by atomic mass is 32.2. The lowest BCUT2D eigenvalue weighted by Gasteiger charge is -2.17. The highest BCUT2D eigenvalue weighted by Crippen LogP contribution is 2.39. The molecule has 0 aromatic carbocycles. The predicted molar refractivity (Wildman–Crippen MR) is 117 cm³/mol. The first kappa shape index (κ1) is 24.7.